The molecule has 0 fully saturated rings. The average Bonchev–Trinajstić information content (AvgIpc) is 2.51. The standard InChI is InChI=1S/C13H16N2O3/c1-14-8-12(16)15-10-6-7-18-11-5-3-2-4-9(11)13(10)17/h2-5,10,14H,6-8H2,1H3,(H,15,16). The number of fused-ring (bicyclic) bond motifs is 1. The summed E-state index contributed by atoms with van der Waals surface area (Å²) in [5.74, 6) is 0.315. The summed E-state index contributed by atoms with van der Waals surface area (Å²) >= 11 is 0. The highest BCUT2D eigenvalue weighted by Crippen LogP contribution is 2.23. The molecule has 18 heavy (non-hydrogen) atoms. The first kappa shape index (κ1) is 12.6. The summed E-state index contributed by atoms with van der Waals surface area (Å²) < 4.78 is 5.50. The lowest BCUT2D eigenvalue weighted by Gasteiger charge is -2.14. The lowest BCUT2D eigenvalue weighted by Crippen LogP contribution is -2.44. The van der Waals surface area contributed by atoms with Crippen LogP contribution in [0.15, 0.2) is 24.3 Å². The van der Waals surface area contributed by atoms with E-state index in [1.54, 1.807) is 25.2 Å². The highest BCUT2D eigenvalue weighted by Gasteiger charge is 2.27. The van der Waals surface area contributed by atoms with Crippen molar-refractivity contribution in [1.82, 2.24) is 10.6 Å². The largest absolute Gasteiger partial charge is 0.493 e. The van der Waals surface area contributed by atoms with E-state index >= 15 is 0 Å². The molecule has 96 valence electrons. The maximum absolute atomic E-state index is 12.3. The molecule has 1 unspecified atom stereocenters. The third kappa shape index (κ3) is 2.68. The van der Waals surface area contributed by atoms with Crippen molar-refractivity contribution in [1.29, 1.82) is 0 Å². The Morgan fingerprint density at radius 2 is 2.22 bits per heavy atom. The Morgan fingerprint density at radius 1 is 1.44 bits per heavy atom. The van der Waals surface area contributed by atoms with Crippen molar-refractivity contribution in [2.75, 3.05) is 20.2 Å². The van der Waals surface area contributed by atoms with Crippen LogP contribution in [0.3, 0.4) is 0 Å². The molecule has 2 rings (SSSR count). The van der Waals surface area contributed by atoms with Crippen molar-refractivity contribution in [3.8, 4) is 5.75 Å². The van der Waals surface area contributed by atoms with Crippen LogP contribution in [0, 0.1) is 0 Å². The number of ketones is 1. The molecule has 0 spiro atoms. The van der Waals surface area contributed by atoms with Crippen LogP contribution in [0.5, 0.6) is 5.75 Å². The van der Waals surface area contributed by atoms with Crippen LogP contribution in [-0.2, 0) is 4.79 Å². The first-order valence-corrected chi connectivity index (χ1v) is 5.92. The van der Waals surface area contributed by atoms with Crippen LogP contribution in [-0.4, -0.2) is 37.9 Å². The second-order valence-electron chi connectivity index (χ2n) is 4.15. The molecule has 1 aromatic rings. The molecule has 0 aliphatic carbocycles. The summed E-state index contributed by atoms with van der Waals surface area (Å²) in [4.78, 5) is 23.8. The van der Waals surface area contributed by atoms with E-state index in [9.17, 15) is 9.59 Å². The summed E-state index contributed by atoms with van der Waals surface area (Å²) in [7, 11) is 1.69. The van der Waals surface area contributed by atoms with Gasteiger partial charge < -0.3 is 15.4 Å². The number of carbonyl (C=O) groups is 2. The van der Waals surface area contributed by atoms with E-state index in [1.165, 1.54) is 0 Å². The topological polar surface area (TPSA) is 67.4 Å². The van der Waals surface area contributed by atoms with Crippen LogP contribution in [0.25, 0.3) is 0 Å². The number of rotatable bonds is 3. The number of benzene rings is 1. The third-order valence-electron chi connectivity index (χ3n) is 2.81. The van der Waals surface area contributed by atoms with Gasteiger partial charge >= 0.3 is 0 Å². The first-order valence-electron chi connectivity index (χ1n) is 5.92. The van der Waals surface area contributed by atoms with Crippen LogP contribution < -0.4 is 15.4 Å². The van der Waals surface area contributed by atoms with Gasteiger partial charge in [0.15, 0.2) is 5.78 Å². The molecule has 1 amide bonds. The number of para-hydroxylation sites is 1. The van der Waals surface area contributed by atoms with Gasteiger partial charge in [0.2, 0.25) is 5.91 Å². The zero-order valence-corrected chi connectivity index (χ0v) is 10.2. The Hall–Kier alpha value is -1.88. The first-order chi connectivity index (χ1) is 8.72. The highest BCUT2D eigenvalue weighted by atomic mass is 16.5. The van der Waals surface area contributed by atoms with Gasteiger partial charge in [-0.1, -0.05) is 12.1 Å². The summed E-state index contributed by atoms with van der Waals surface area (Å²) in [6.07, 6.45) is 0.489. The quantitative estimate of drug-likeness (QED) is 0.810. The maximum atomic E-state index is 12.3. The molecule has 0 bridgehead atoms. The number of hydrogen-bond acceptors (Lipinski definition) is 4. The van der Waals surface area contributed by atoms with Crippen LogP contribution >= 0.6 is 0 Å². The molecule has 1 atom stereocenters. The van der Waals surface area contributed by atoms with Crippen molar-refractivity contribution < 1.29 is 14.3 Å². The molecule has 1 aromatic carbocycles. The van der Waals surface area contributed by atoms with Gasteiger partial charge in [-0.15, -0.1) is 0 Å². The number of nitrogens with one attached hydrogen (secondary N) is 2. The van der Waals surface area contributed by atoms with Crippen molar-refractivity contribution in [3.05, 3.63) is 29.8 Å². The van der Waals surface area contributed by atoms with E-state index in [2.05, 4.69) is 10.6 Å². The van der Waals surface area contributed by atoms with Crippen molar-refractivity contribution in [3.63, 3.8) is 0 Å². The lowest BCUT2D eigenvalue weighted by molar-refractivity contribution is -0.120. The number of hydrogen-bond donors (Lipinski definition) is 2. The molecule has 1 aliphatic heterocycles. The Morgan fingerprint density at radius 3 is 3.00 bits per heavy atom. The van der Waals surface area contributed by atoms with E-state index in [-0.39, 0.29) is 18.2 Å². The van der Waals surface area contributed by atoms with Gasteiger partial charge in [-0.3, -0.25) is 9.59 Å². The zero-order valence-electron chi connectivity index (χ0n) is 10.2. The van der Waals surface area contributed by atoms with Gasteiger partial charge in [0.05, 0.1) is 24.8 Å². The second-order valence-corrected chi connectivity index (χ2v) is 4.15. The van der Waals surface area contributed by atoms with Crippen LogP contribution in [0.1, 0.15) is 16.8 Å². The molecule has 5 heteroatoms. The summed E-state index contributed by atoms with van der Waals surface area (Å²) in [5, 5.41) is 5.47. The van der Waals surface area contributed by atoms with Gasteiger partial charge in [-0.25, -0.2) is 0 Å². The number of amides is 1. The minimum atomic E-state index is -0.505. The molecule has 2 N–H and O–H groups in total. The fourth-order valence-corrected chi connectivity index (χ4v) is 1.95. The Bertz CT molecular complexity index is 459. The van der Waals surface area contributed by atoms with Gasteiger partial charge in [0.1, 0.15) is 5.75 Å². The monoisotopic (exact) mass is 248 g/mol. The predicted molar refractivity (Wildman–Crippen MR) is 66.7 cm³/mol. The molecule has 1 aliphatic rings. The molecular weight excluding hydrogens is 232 g/mol. The molecule has 0 saturated heterocycles. The summed E-state index contributed by atoms with van der Waals surface area (Å²) in [6.45, 7) is 0.625. The van der Waals surface area contributed by atoms with Crippen molar-refractivity contribution in [2.24, 2.45) is 0 Å². The van der Waals surface area contributed by atoms with Crippen molar-refractivity contribution >= 4 is 11.7 Å². The number of carbonyl (C=O) groups excluding carboxylic acids is 2. The molecular formula is C13H16N2O3. The number of ether oxygens (including phenoxy) is 1. The van der Waals surface area contributed by atoms with Gasteiger partial charge in [0, 0.05) is 6.42 Å². The van der Waals surface area contributed by atoms with E-state index in [0.29, 0.717) is 24.3 Å². The Labute approximate surface area is 106 Å². The minimum absolute atomic E-state index is 0.0902. The summed E-state index contributed by atoms with van der Waals surface area (Å²) in [6, 6.07) is 6.60. The van der Waals surface area contributed by atoms with Gasteiger partial charge in [-0.05, 0) is 19.2 Å². The minimum Gasteiger partial charge on any atom is -0.493 e. The van der Waals surface area contributed by atoms with Crippen LogP contribution in [0.4, 0.5) is 0 Å². The molecule has 5 nitrogen and oxygen atoms in total. The average molecular weight is 248 g/mol. The van der Waals surface area contributed by atoms with Crippen LogP contribution in [0.2, 0.25) is 0 Å². The normalized spacial score (nSPS) is 18.5. The molecule has 0 aromatic heterocycles. The van der Waals surface area contributed by atoms with E-state index in [1.807, 2.05) is 6.07 Å². The fraction of sp³-hybridized carbons (Fsp3) is 0.385. The fourth-order valence-electron chi connectivity index (χ4n) is 1.95. The van der Waals surface area contributed by atoms with E-state index in [0.717, 1.165) is 0 Å². The van der Waals surface area contributed by atoms with E-state index in [4.69, 9.17) is 4.74 Å². The van der Waals surface area contributed by atoms with Gasteiger partial charge in [-0.2, -0.15) is 0 Å². The SMILES string of the molecule is CNCC(=O)NC1CCOc2ccccc2C1=O. The molecule has 0 radical (unpaired) electrons. The Balaban J connectivity index is 2.15. The van der Waals surface area contributed by atoms with Gasteiger partial charge in [0.25, 0.3) is 0 Å². The maximum Gasteiger partial charge on any atom is 0.234 e. The molecule has 1 heterocycles. The number of Topliss-reactive ketones (excluding diaryl/α,β-unsaturated/α-hetero) is 1. The Kier molecular flexibility index (Phi) is 3.94. The lowest BCUT2D eigenvalue weighted by atomic mass is 10.0. The zero-order chi connectivity index (χ0) is 13.0. The smallest absolute Gasteiger partial charge is 0.234 e. The summed E-state index contributed by atoms with van der Waals surface area (Å²) in [5.41, 5.74) is 0.532. The highest BCUT2D eigenvalue weighted by molar-refractivity contribution is 6.04. The second kappa shape index (κ2) is 5.64. The predicted octanol–water partition coefficient (Wildman–Crippen LogP) is 0.356. The molecule has 0 saturated carbocycles. The number of likely N-dealkylation sites (N-methyl/N-ethyl adjacent to an activating group) is 1. The van der Waals surface area contributed by atoms with E-state index < -0.39 is 6.04 Å². The third-order valence-corrected chi connectivity index (χ3v) is 2.81. The van der Waals surface area contributed by atoms with Crippen molar-refractivity contribution in [2.45, 2.75) is 12.5 Å².